The Morgan fingerprint density at radius 3 is 2.85 bits per heavy atom. The van der Waals surface area contributed by atoms with E-state index in [1.165, 1.54) is 18.3 Å². The number of nitriles is 1. The number of nitrogens with zero attached hydrogens (tertiary/aromatic N) is 4. The molecule has 0 aliphatic heterocycles. The molecule has 20 heavy (non-hydrogen) atoms. The number of aromatic nitrogens is 3. The summed E-state index contributed by atoms with van der Waals surface area (Å²) >= 11 is 6.08. The predicted molar refractivity (Wildman–Crippen MR) is 72.8 cm³/mol. The van der Waals surface area contributed by atoms with Crippen molar-refractivity contribution in [2.45, 2.75) is 6.54 Å². The van der Waals surface area contributed by atoms with Crippen LogP contribution in [0.1, 0.15) is 11.3 Å². The van der Waals surface area contributed by atoms with E-state index >= 15 is 0 Å². The Morgan fingerprint density at radius 2 is 2.15 bits per heavy atom. The van der Waals surface area contributed by atoms with Crippen molar-refractivity contribution in [2.24, 2.45) is 0 Å². The first-order valence-corrected chi connectivity index (χ1v) is 6.21. The van der Waals surface area contributed by atoms with Crippen LogP contribution in [0.2, 0.25) is 5.28 Å². The Labute approximate surface area is 119 Å². The Balaban J connectivity index is 2.03. The Hall–Kier alpha value is -2.45. The number of hydrogen-bond acceptors (Lipinski definition) is 3. The average molecular weight is 287 g/mol. The van der Waals surface area contributed by atoms with Crippen molar-refractivity contribution in [3.05, 3.63) is 58.9 Å². The van der Waals surface area contributed by atoms with Crippen molar-refractivity contribution < 1.29 is 4.39 Å². The van der Waals surface area contributed by atoms with Gasteiger partial charge in [-0.3, -0.25) is 4.98 Å². The van der Waals surface area contributed by atoms with Gasteiger partial charge in [0.2, 0.25) is 5.28 Å². The van der Waals surface area contributed by atoms with Crippen LogP contribution in [0.3, 0.4) is 0 Å². The molecule has 0 unspecified atom stereocenters. The molecule has 2 heterocycles. The number of benzene rings is 1. The van der Waals surface area contributed by atoms with Crippen molar-refractivity contribution in [3.8, 4) is 6.07 Å². The average Bonchev–Trinajstić information content (AvgIpc) is 2.76. The lowest BCUT2D eigenvalue weighted by molar-refractivity contribution is 0.628. The molecule has 0 amide bonds. The number of hydrogen-bond donors (Lipinski definition) is 0. The quantitative estimate of drug-likeness (QED) is 0.727. The molecular weight excluding hydrogens is 279 g/mol. The molecule has 0 N–H and O–H groups in total. The molecule has 0 bridgehead atoms. The monoisotopic (exact) mass is 286 g/mol. The van der Waals surface area contributed by atoms with Crippen LogP contribution in [0.15, 0.2) is 36.5 Å². The van der Waals surface area contributed by atoms with Crippen LogP contribution in [0.25, 0.3) is 11.0 Å². The molecule has 0 fully saturated rings. The van der Waals surface area contributed by atoms with Gasteiger partial charge >= 0.3 is 0 Å². The van der Waals surface area contributed by atoms with Gasteiger partial charge in [-0.15, -0.1) is 0 Å². The van der Waals surface area contributed by atoms with Crippen LogP contribution in [0.4, 0.5) is 4.39 Å². The number of rotatable bonds is 2. The highest BCUT2D eigenvalue weighted by molar-refractivity contribution is 6.29. The van der Waals surface area contributed by atoms with Gasteiger partial charge in [0.25, 0.3) is 0 Å². The summed E-state index contributed by atoms with van der Waals surface area (Å²) in [5.74, 6) is -0.344. The lowest BCUT2D eigenvalue weighted by Crippen LogP contribution is -2.02. The highest BCUT2D eigenvalue weighted by Crippen LogP contribution is 2.21. The minimum absolute atomic E-state index is 0.275. The second-order valence-corrected chi connectivity index (χ2v) is 4.59. The summed E-state index contributed by atoms with van der Waals surface area (Å²) in [6.45, 7) is 0.366. The number of halogens is 2. The van der Waals surface area contributed by atoms with Gasteiger partial charge in [-0.25, -0.2) is 9.37 Å². The summed E-state index contributed by atoms with van der Waals surface area (Å²) in [5.41, 5.74) is 2.45. The summed E-state index contributed by atoms with van der Waals surface area (Å²) in [7, 11) is 0. The molecule has 0 saturated carbocycles. The smallest absolute Gasteiger partial charge is 0.204 e. The molecule has 2 aromatic heterocycles. The van der Waals surface area contributed by atoms with Crippen LogP contribution in [0.5, 0.6) is 0 Å². The van der Waals surface area contributed by atoms with E-state index in [1.54, 1.807) is 22.8 Å². The Bertz CT molecular complexity index is 818. The molecule has 0 atom stereocenters. The molecule has 0 radical (unpaired) electrons. The fraction of sp³-hybridized carbons (Fsp3) is 0.0714. The molecule has 0 aliphatic rings. The van der Waals surface area contributed by atoms with E-state index in [-0.39, 0.29) is 11.1 Å². The largest absolute Gasteiger partial charge is 0.308 e. The standard InChI is InChI=1S/C14H8ClFN4/c15-14-19-12-4-2-10(16)5-13(12)20(14)8-11-3-1-9(6-17)7-18-11/h1-5,7H,8H2. The molecule has 6 heteroatoms. The van der Waals surface area contributed by atoms with Gasteiger partial charge in [0, 0.05) is 6.20 Å². The van der Waals surface area contributed by atoms with Gasteiger partial charge in [-0.2, -0.15) is 5.26 Å². The van der Waals surface area contributed by atoms with Gasteiger partial charge in [0.05, 0.1) is 28.8 Å². The minimum Gasteiger partial charge on any atom is -0.308 e. The summed E-state index contributed by atoms with van der Waals surface area (Å²) in [5, 5.41) is 9.01. The van der Waals surface area contributed by atoms with E-state index in [2.05, 4.69) is 9.97 Å². The van der Waals surface area contributed by atoms with E-state index < -0.39 is 0 Å². The number of imidazole rings is 1. The first kappa shape index (κ1) is 12.6. The third-order valence-corrected chi connectivity index (χ3v) is 3.23. The Kier molecular flexibility index (Phi) is 3.09. The van der Waals surface area contributed by atoms with Gasteiger partial charge < -0.3 is 4.57 Å². The third-order valence-electron chi connectivity index (χ3n) is 2.94. The molecule has 0 aliphatic carbocycles. The van der Waals surface area contributed by atoms with E-state index in [0.717, 1.165) is 5.69 Å². The zero-order valence-corrected chi connectivity index (χ0v) is 11.0. The van der Waals surface area contributed by atoms with E-state index in [0.29, 0.717) is 23.1 Å². The summed E-state index contributed by atoms with van der Waals surface area (Å²) in [4.78, 5) is 8.34. The molecule has 1 aromatic carbocycles. The number of pyridine rings is 1. The van der Waals surface area contributed by atoms with Crippen LogP contribution in [0, 0.1) is 17.1 Å². The normalized spacial score (nSPS) is 10.7. The second-order valence-electron chi connectivity index (χ2n) is 4.25. The zero-order chi connectivity index (χ0) is 14.1. The van der Waals surface area contributed by atoms with E-state index in [4.69, 9.17) is 16.9 Å². The van der Waals surface area contributed by atoms with E-state index in [1.807, 2.05) is 6.07 Å². The maximum Gasteiger partial charge on any atom is 0.204 e. The maximum atomic E-state index is 13.3. The Morgan fingerprint density at radius 1 is 1.30 bits per heavy atom. The second kappa shape index (κ2) is 4.91. The SMILES string of the molecule is N#Cc1ccc(Cn2c(Cl)nc3ccc(F)cc32)nc1. The fourth-order valence-electron chi connectivity index (χ4n) is 1.96. The van der Waals surface area contributed by atoms with Gasteiger partial charge in [-0.05, 0) is 41.9 Å². The van der Waals surface area contributed by atoms with Gasteiger partial charge in [-0.1, -0.05) is 0 Å². The highest BCUT2D eigenvalue weighted by Gasteiger charge is 2.10. The third kappa shape index (κ3) is 2.22. The topological polar surface area (TPSA) is 54.5 Å². The van der Waals surface area contributed by atoms with Crippen molar-refractivity contribution in [1.82, 2.24) is 14.5 Å². The molecule has 3 aromatic rings. The van der Waals surface area contributed by atoms with E-state index in [9.17, 15) is 4.39 Å². The molecular formula is C14H8ClFN4. The van der Waals surface area contributed by atoms with Crippen molar-refractivity contribution in [2.75, 3.05) is 0 Å². The molecule has 98 valence electrons. The summed E-state index contributed by atoms with van der Waals surface area (Å²) in [6, 6.07) is 9.73. The van der Waals surface area contributed by atoms with Gasteiger partial charge in [0.15, 0.2) is 0 Å². The maximum absolute atomic E-state index is 13.3. The van der Waals surface area contributed by atoms with Crippen LogP contribution < -0.4 is 0 Å². The van der Waals surface area contributed by atoms with Crippen LogP contribution in [-0.2, 0) is 6.54 Å². The molecule has 0 saturated heterocycles. The first-order chi connectivity index (χ1) is 9.67. The zero-order valence-electron chi connectivity index (χ0n) is 10.2. The molecule has 4 nitrogen and oxygen atoms in total. The molecule has 3 rings (SSSR count). The lowest BCUT2D eigenvalue weighted by Gasteiger charge is -2.05. The number of fused-ring (bicyclic) bond motifs is 1. The highest BCUT2D eigenvalue weighted by atomic mass is 35.5. The van der Waals surface area contributed by atoms with Crippen molar-refractivity contribution in [1.29, 1.82) is 5.26 Å². The van der Waals surface area contributed by atoms with Crippen LogP contribution >= 0.6 is 11.6 Å². The lowest BCUT2D eigenvalue weighted by atomic mass is 10.2. The first-order valence-electron chi connectivity index (χ1n) is 5.83. The van der Waals surface area contributed by atoms with Gasteiger partial charge in [0.1, 0.15) is 11.9 Å². The summed E-state index contributed by atoms with van der Waals surface area (Å²) < 4.78 is 15.0. The predicted octanol–water partition coefficient (Wildman–Crippen LogP) is 3.14. The minimum atomic E-state index is -0.344. The van der Waals surface area contributed by atoms with Crippen LogP contribution in [-0.4, -0.2) is 14.5 Å². The molecule has 0 spiro atoms. The fourth-order valence-corrected chi connectivity index (χ4v) is 2.20. The van der Waals surface area contributed by atoms with Crippen molar-refractivity contribution in [3.63, 3.8) is 0 Å². The van der Waals surface area contributed by atoms with Crippen molar-refractivity contribution >= 4 is 22.6 Å². The summed E-state index contributed by atoms with van der Waals surface area (Å²) in [6.07, 6.45) is 1.49.